The van der Waals surface area contributed by atoms with Crippen molar-refractivity contribution in [2.45, 2.75) is 18.1 Å². The Morgan fingerprint density at radius 3 is 2.68 bits per heavy atom. The Morgan fingerprint density at radius 2 is 2.21 bits per heavy atom. The van der Waals surface area contributed by atoms with Crippen LogP contribution in [0.4, 0.5) is 0 Å². The van der Waals surface area contributed by atoms with Gasteiger partial charge in [-0.1, -0.05) is 30.7 Å². The summed E-state index contributed by atoms with van der Waals surface area (Å²) in [5.41, 5.74) is -0.551. The molecule has 3 atom stereocenters. The molecule has 1 saturated carbocycles. The van der Waals surface area contributed by atoms with Crippen LogP contribution >= 0.6 is 11.6 Å². The van der Waals surface area contributed by atoms with Gasteiger partial charge in [-0.3, -0.25) is 0 Å². The van der Waals surface area contributed by atoms with Crippen LogP contribution in [0.3, 0.4) is 0 Å². The highest BCUT2D eigenvalue weighted by molar-refractivity contribution is 7.92. The molecule has 0 amide bonds. The van der Waals surface area contributed by atoms with Crippen LogP contribution in [0.15, 0.2) is 24.3 Å². The topological polar surface area (TPSA) is 78.2 Å². The van der Waals surface area contributed by atoms with Gasteiger partial charge in [0.1, 0.15) is 5.41 Å². The van der Waals surface area contributed by atoms with Gasteiger partial charge in [0.05, 0.1) is 17.9 Å². The number of rotatable bonds is 4. The Hall–Kier alpha value is -1.09. The molecule has 1 N–H and O–H groups in total. The van der Waals surface area contributed by atoms with Gasteiger partial charge in [-0.2, -0.15) is 5.26 Å². The van der Waals surface area contributed by atoms with Crippen LogP contribution in [0, 0.1) is 16.7 Å². The molecule has 0 bridgehead atoms. The summed E-state index contributed by atoms with van der Waals surface area (Å²) in [5, 5.41) is 18.4. The maximum Gasteiger partial charge on any atom is 0.155 e. The summed E-state index contributed by atoms with van der Waals surface area (Å²) >= 11 is 5.90. The van der Waals surface area contributed by atoms with Crippen molar-refractivity contribution in [3.05, 3.63) is 34.9 Å². The first-order valence-electron chi connectivity index (χ1n) is 5.92. The Bertz CT molecular complexity index is 638. The summed E-state index contributed by atoms with van der Waals surface area (Å²) in [6, 6.07) is 8.78. The zero-order chi connectivity index (χ0) is 14.3. The molecule has 0 saturated heterocycles. The lowest BCUT2D eigenvalue weighted by Crippen LogP contribution is -2.19. The van der Waals surface area contributed by atoms with E-state index in [9.17, 15) is 18.8 Å². The number of nitriles is 1. The van der Waals surface area contributed by atoms with Crippen molar-refractivity contribution in [3.63, 3.8) is 0 Å². The van der Waals surface area contributed by atoms with Crippen molar-refractivity contribution < 1.29 is 13.5 Å². The lowest BCUT2D eigenvalue weighted by atomic mass is 10.0. The van der Waals surface area contributed by atoms with Crippen molar-refractivity contribution in [1.29, 1.82) is 5.26 Å². The van der Waals surface area contributed by atoms with E-state index in [0.29, 0.717) is 10.6 Å². The first-order chi connectivity index (χ1) is 8.93. The third kappa shape index (κ3) is 2.14. The molecule has 0 radical (unpaired) electrons. The zero-order valence-corrected chi connectivity index (χ0v) is 11.9. The molecule has 1 aliphatic rings. The third-order valence-corrected chi connectivity index (χ3v) is 6.23. The van der Waals surface area contributed by atoms with E-state index in [1.165, 1.54) is 0 Å². The molecule has 0 aliphatic heterocycles. The number of hydrogen-bond acceptors (Lipinski definition) is 4. The normalized spacial score (nSPS) is 29.8. The van der Waals surface area contributed by atoms with E-state index in [4.69, 9.17) is 11.6 Å². The zero-order valence-electron chi connectivity index (χ0n) is 10.4. The summed E-state index contributed by atoms with van der Waals surface area (Å²) in [4.78, 5) is 0. The fraction of sp³-hybridized carbons (Fsp3) is 0.462. The first-order valence-corrected chi connectivity index (χ1v) is 8.01. The second-order valence-electron chi connectivity index (χ2n) is 4.72. The summed E-state index contributed by atoms with van der Waals surface area (Å²) in [7, 11) is -3.39. The van der Waals surface area contributed by atoms with Crippen LogP contribution in [0.1, 0.15) is 18.4 Å². The number of hydrogen-bond donors (Lipinski definition) is 1. The number of sulfone groups is 1. The maximum atomic E-state index is 12.1. The molecular weight excluding hydrogens is 286 g/mol. The van der Waals surface area contributed by atoms with Gasteiger partial charge in [-0.15, -0.1) is 0 Å². The smallest absolute Gasteiger partial charge is 0.155 e. The standard InChI is InChI=1S/C13H14ClNO3S/c1-2-19(17,18)12-11(13(12,7-15)8-16)9-4-3-5-10(14)6-9/h3-6,11-12,16H,2,8H2,1H3. The van der Waals surface area contributed by atoms with E-state index in [0.717, 1.165) is 0 Å². The van der Waals surface area contributed by atoms with Crippen molar-refractivity contribution in [2.75, 3.05) is 12.4 Å². The third-order valence-electron chi connectivity index (χ3n) is 3.72. The quantitative estimate of drug-likeness (QED) is 0.918. The molecule has 19 heavy (non-hydrogen) atoms. The van der Waals surface area contributed by atoms with Gasteiger partial charge in [-0.25, -0.2) is 8.42 Å². The summed E-state index contributed by atoms with van der Waals surface area (Å²) in [6.45, 7) is 1.08. The number of halogens is 1. The van der Waals surface area contributed by atoms with E-state index >= 15 is 0 Å². The SMILES string of the molecule is CCS(=O)(=O)C1C(c2cccc(Cl)c2)C1(C#N)CO. The molecule has 6 heteroatoms. The predicted octanol–water partition coefficient (Wildman–Crippen LogP) is 1.74. The molecule has 3 unspecified atom stereocenters. The highest BCUT2D eigenvalue weighted by Crippen LogP contribution is 2.62. The second-order valence-corrected chi connectivity index (χ2v) is 7.56. The van der Waals surface area contributed by atoms with Gasteiger partial charge in [-0.05, 0) is 17.7 Å². The van der Waals surface area contributed by atoms with E-state index in [1.54, 1.807) is 31.2 Å². The first kappa shape index (κ1) is 14.3. The van der Waals surface area contributed by atoms with Crippen LogP contribution in [0.25, 0.3) is 0 Å². The molecule has 0 heterocycles. The lowest BCUT2D eigenvalue weighted by Gasteiger charge is -2.03. The van der Waals surface area contributed by atoms with E-state index in [-0.39, 0.29) is 5.75 Å². The highest BCUT2D eigenvalue weighted by Gasteiger charge is 2.71. The molecule has 0 aromatic heterocycles. The van der Waals surface area contributed by atoms with Crippen LogP contribution < -0.4 is 0 Å². The average molecular weight is 300 g/mol. The summed E-state index contributed by atoms with van der Waals surface area (Å²) < 4.78 is 24.1. The molecule has 1 aliphatic carbocycles. The minimum atomic E-state index is -3.39. The molecule has 2 rings (SSSR count). The molecule has 4 nitrogen and oxygen atoms in total. The number of benzene rings is 1. The molecule has 1 fully saturated rings. The van der Waals surface area contributed by atoms with Gasteiger partial charge < -0.3 is 5.11 Å². The molecule has 0 spiro atoms. The van der Waals surface area contributed by atoms with Crippen LogP contribution in [-0.4, -0.2) is 31.1 Å². The van der Waals surface area contributed by atoms with Crippen molar-refractivity contribution in [2.24, 2.45) is 5.41 Å². The van der Waals surface area contributed by atoms with E-state index in [2.05, 4.69) is 0 Å². The highest BCUT2D eigenvalue weighted by atomic mass is 35.5. The predicted molar refractivity (Wildman–Crippen MR) is 72.6 cm³/mol. The van der Waals surface area contributed by atoms with Gasteiger partial charge in [0.25, 0.3) is 0 Å². The molecule has 1 aromatic carbocycles. The largest absolute Gasteiger partial charge is 0.395 e. The van der Waals surface area contributed by atoms with Gasteiger partial charge >= 0.3 is 0 Å². The van der Waals surface area contributed by atoms with Crippen molar-refractivity contribution in [1.82, 2.24) is 0 Å². The minimum Gasteiger partial charge on any atom is -0.395 e. The number of aliphatic hydroxyl groups is 1. The summed E-state index contributed by atoms with van der Waals surface area (Å²) in [6.07, 6.45) is 0. The average Bonchev–Trinajstić information content (AvgIpc) is 3.09. The fourth-order valence-corrected chi connectivity index (χ4v) is 4.85. The van der Waals surface area contributed by atoms with Crippen LogP contribution in [-0.2, 0) is 9.84 Å². The fourth-order valence-electron chi connectivity index (χ4n) is 2.64. The minimum absolute atomic E-state index is 0.0435. The molecule has 1 aromatic rings. The maximum absolute atomic E-state index is 12.1. The molecular formula is C13H14ClNO3S. The Labute approximate surface area is 117 Å². The number of aliphatic hydroxyl groups excluding tert-OH is 1. The van der Waals surface area contributed by atoms with Crippen LogP contribution in [0.5, 0.6) is 0 Å². The van der Waals surface area contributed by atoms with Crippen LogP contribution in [0.2, 0.25) is 5.02 Å². The summed E-state index contributed by atoms with van der Waals surface area (Å²) in [5.74, 6) is -0.552. The van der Waals surface area contributed by atoms with E-state index < -0.39 is 33.0 Å². The lowest BCUT2D eigenvalue weighted by molar-refractivity contribution is 0.242. The van der Waals surface area contributed by atoms with Crippen molar-refractivity contribution >= 4 is 21.4 Å². The Morgan fingerprint density at radius 1 is 1.53 bits per heavy atom. The molecule has 102 valence electrons. The van der Waals surface area contributed by atoms with Crippen molar-refractivity contribution in [3.8, 4) is 6.07 Å². The Balaban J connectivity index is 2.49. The van der Waals surface area contributed by atoms with Gasteiger partial charge in [0.15, 0.2) is 9.84 Å². The monoisotopic (exact) mass is 299 g/mol. The van der Waals surface area contributed by atoms with Gasteiger partial charge in [0, 0.05) is 16.7 Å². The second kappa shape index (κ2) is 4.78. The van der Waals surface area contributed by atoms with E-state index in [1.807, 2.05) is 6.07 Å². The van der Waals surface area contributed by atoms with Gasteiger partial charge in [0.2, 0.25) is 0 Å². The Kier molecular flexibility index (Phi) is 3.61. The number of nitrogens with zero attached hydrogens (tertiary/aromatic N) is 1.